The zero-order chi connectivity index (χ0) is 16.2. The maximum atomic E-state index is 12.0. The summed E-state index contributed by atoms with van der Waals surface area (Å²) in [6.45, 7) is 0. The molecule has 0 aliphatic heterocycles. The van der Waals surface area contributed by atoms with E-state index >= 15 is 0 Å². The van der Waals surface area contributed by atoms with E-state index in [1.165, 1.54) is 11.3 Å². The zero-order valence-corrected chi connectivity index (χ0v) is 13.5. The van der Waals surface area contributed by atoms with Crippen LogP contribution in [0.1, 0.15) is 15.2 Å². The summed E-state index contributed by atoms with van der Waals surface area (Å²) in [5.74, 6) is -1.08. The lowest BCUT2D eigenvalue weighted by Crippen LogP contribution is -2.14. The fraction of sp³-hybridized carbons (Fsp3) is 0.0625. The van der Waals surface area contributed by atoms with Crippen molar-refractivity contribution in [3.05, 3.63) is 58.3 Å². The van der Waals surface area contributed by atoms with E-state index in [4.69, 9.17) is 5.11 Å². The highest BCUT2D eigenvalue weighted by atomic mass is 32.1. The second kappa shape index (κ2) is 6.72. The van der Waals surface area contributed by atoms with Gasteiger partial charge >= 0.3 is 5.97 Å². The molecule has 0 radical (unpaired) electrons. The summed E-state index contributed by atoms with van der Waals surface area (Å²) >= 11 is 2.48. The van der Waals surface area contributed by atoms with Gasteiger partial charge in [0.15, 0.2) is 5.13 Å². The van der Waals surface area contributed by atoms with E-state index in [0.717, 1.165) is 21.8 Å². The average molecular weight is 344 g/mol. The number of thiazole rings is 1. The van der Waals surface area contributed by atoms with Crippen molar-refractivity contribution in [2.45, 2.75) is 6.42 Å². The van der Waals surface area contributed by atoms with Gasteiger partial charge < -0.3 is 10.4 Å². The lowest BCUT2D eigenvalue weighted by atomic mass is 10.1. The molecule has 0 spiro atoms. The van der Waals surface area contributed by atoms with Crippen molar-refractivity contribution < 1.29 is 14.7 Å². The van der Waals surface area contributed by atoms with Crippen LogP contribution in [0.2, 0.25) is 0 Å². The van der Waals surface area contributed by atoms with Crippen molar-refractivity contribution in [2.75, 3.05) is 5.32 Å². The number of nitrogens with one attached hydrogen (secondary N) is 1. The van der Waals surface area contributed by atoms with Crippen LogP contribution in [-0.2, 0) is 11.2 Å². The third-order valence-corrected chi connectivity index (χ3v) is 4.88. The van der Waals surface area contributed by atoms with Gasteiger partial charge in [0.2, 0.25) is 5.91 Å². The van der Waals surface area contributed by atoms with Crippen LogP contribution >= 0.6 is 22.7 Å². The van der Waals surface area contributed by atoms with Crippen LogP contribution in [0.3, 0.4) is 0 Å². The van der Waals surface area contributed by atoms with Gasteiger partial charge in [0.05, 0.1) is 17.0 Å². The Hall–Kier alpha value is -2.51. The smallest absolute Gasteiger partial charge is 0.345 e. The Balaban J connectivity index is 1.67. The standard InChI is InChI=1S/C16H12N2O3S2/c19-14(8-10-4-2-1-3-5-10)18-16-17-11(9-22-16)12-6-7-13(23-12)15(20)21/h1-7,9H,8H2,(H,20,21)(H,17,18,19). The van der Waals surface area contributed by atoms with Gasteiger partial charge in [-0.1, -0.05) is 30.3 Å². The predicted octanol–water partition coefficient (Wildman–Crippen LogP) is 3.75. The minimum atomic E-state index is -0.951. The number of carbonyl (C=O) groups excluding carboxylic acids is 1. The number of rotatable bonds is 5. The molecule has 0 aliphatic rings. The van der Waals surface area contributed by atoms with Crippen molar-refractivity contribution in [3.63, 3.8) is 0 Å². The molecule has 5 nitrogen and oxygen atoms in total. The number of carbonyl (C=O) groups is 2. The largest absolute Gasteiger partial charge is 0.477 e. The Morgan fingerprint density at radius 3 is 2.61 bits per heavy atom. The van der Waals surface area contributed by atoms with Gasteiger partial charge in [-0.2, -0.15) is 0 Å². The highest BCUT2D eigenvalue weighted by molar-refractivity contribution is 7.18. The summed E-state index contributed by atoms with van der Waals surface area (Å²) < 4.78 is 0. The van der Waals surface area contributed by atoms with E-state index < -0.39 is 5.97 Å². The molecule has 0 fully saturated rings. The zero-order valence-electron chi connectivity index (χ0n) is 11.9. The average Bonchev–Trinajstić information content (AvgIpc) is 3.16. The highest BCUT2D eigenvalue weighted by Crippen LogP contribution is 2.30. The number of aromatic nitrogens is 1. The normalized spacial score (nSPS) is 10.4. The lowest BCUT2D eigenvalue weighted by Gasteiger charge is -2.01. The number of anilines is 1. The number of nitrogens with zero attached hydrogens (tertiary/aromatic N) is 1. The molecule has 1 amide bonds. The number of hydrogen-bond acceptors (Lipinski definition) is 5. The Kier molecular flexibility index (Phi) is 4.50. The minimum absolute atomic E-state index is 0.130. The summed E-state index contributed by atoms with van der Waals surface area (Å²) in [5.41, 5.74) is 1.61. The van der Waals surface area contributed by atoms with Gasteiger partial charge in [-0.25, -0.2) is 9.78 Å². The Labute approximate surface area is 140 Å². The Morgan fingerprint density at radius 2 is 1.91 bits per heavy atom. The van der Waals surface area contributed by atoms with E-state index in [1.54, 1.807) is 17.5 Å². The number of thiophene rings is 1. The molecule has 0 aliphatic carbocycles. The third-order valence-electron chi connectivity index (χ3n) is 3.03. The van der Waals surface area contributed by atoms with Gasteiger partial charge in [0, 0.05) is 5.38 Å². The summed E-state index contributed by atoms with van der Waals surface area (Å²) in [4.78, 5) is 28.3. The molecule has 0 unspecified atom stereocenters. The first-order chi connectivity index (χ1) is 11.1. The van der Waals surface area contributed by atoms with Gasteiger partial charge in [0.1, 0.15) is 4.88 Å². The lowest BCUT2D eigenvalue weighted by molar-refractivity contribution is -0.115. The van der Waals surface area contributed by atoms with Gasteiger partial charge in [-0.05, 0) is 17.7 Å². The van der Waals surface area contributed by atoms with E-state index in [0.29, 0.717) is 10.8 Å². The van der Waals surface area contributed by atoms with E-state index in [-0.39, 0.29) is 17.2 Å². The Morgan fingerprint density at radius 1 is 1.13 bits per heavy atom. The van der Waals surface area contributed by atoms with Crippen LogP contribution in [0.5, 0.6) is 0 Å². The molecule has 0 atom stereocenters. The number of carboxylic acids is 1. The summed E-state index contributed by atoms with van der Waals surface area (Å²) in [7, 11) is 0. The van der Waals surface area contributed by atoms with Gasteiger partial charge in [-0.3, -0.25) is 4.79 Å². The van der Waals surface area contributed by atoms with Crippen LogP contribution in [0, 0.1) is 0 Å². The molecule has 0 saturated carbocycles. The summed E-state index contributed by atoms with van der Waals surface area (Å²) in [6.07, 6.45) is 0.290. The van der Waals surface area contributed by atoms with Crippen molar-refractivity contribution >= 4 is 39.7 Å². The number of carboxylic acid groups (broad SMARTS) is 1. The summed E-state index contributed by atoms with van der Waals surface area (Å²) in [5, 5.41) is 14.0. The number of benzene rings is 1. The molecule has 0 bridgehead atoms. The van der Waals surface area contributed by atoms with E-state index in [9.17, 15) is 9.59 Å². The molecule has 3 rings (SSSR count). The molecule has 23 heavy (non-hydrogen) atoms. The summed E-state index contributed by atoms with van der Waals surface area (Å²) in [6, 6.07) is 12.7. The third kappa shape index (κ3) is 3.82. The van der Waals surface area contributed by atoms with E-state index in [1.807, 2.05) is 30.3 Å². The number of amides is 1. The molecule has 2 N–H and O–H groups in total. The van der Waals surface area contributed by atoms with Crippen LogP contribution < -0.4 is 5.32 Å². The first-order valence-corrected chi connectivity index (χ1v) is 8.44. The van der Waals surface area contributed by atoms with Crippen molar-refractivity contribution in [3.8, 4) is 10.6 Å². The van der Waals surface area contributed by atoms with Crippen molar-refractivity contribution in [2.24, 2.45) is 0 Å². The van der Waals surface area contributed by atoms with Crippen molar-refractivity contribution in [1.29, 1.82) is 0 Å². The second-order valence-corrected chi connectivity index (χ2v) is 6.66. The van der Waals surface area contributed by atoms with Crippen LogP contribution in [-0.4, -0.2) is 22.0 Å². The Bertz CT molecular complexity index is 840. The monoisotopic (exact) mass is 344 g/mol. The molecule has 7 heteroatoms. The molecule has 116 valence electrons. The van der Waals surface area contributed by atoms with Gasteiger partial charge in [0.25, 0.3) is 0 Å². The predicted molar refractivity (Wildman–Crippen MR) is 91.2 cm³/mol. The highest BCUT2D eigenvalue weighted by Gasteiger charge is 2.12. The second-order valence-electron chi connectivity index (χ2n) is 4.72. The van der Waals surface area contributed by atoms with Crippen LogP contribution in [0.4, 0.5) is 5.13 Å². The first kappa shape index (κ1) is 15.4. The fourth-order valence-electron chi connectivity index (χ4n) is 1.98. The topological polar surface area (TPSA) is 79.3 Å². The first-order valence-electron chi connectivity index (χ1n) is 6.74. The maximum absolute atomic E-state index is 12.0. The molecular weight excluding hydrogens is 332 g/mol. The van der Waals surface area contributed by atoms with Crippen LogP contribution in [0.15, 0.2) is 47.8 Å². The SMILES string of the molecule is O=C(Cc1ccccc1)Nc1nc(-c2ccc(C(=O)O)s2)cs1. The molecule has 2 aromatic heterocycles. The quantitative estimate of drug-likeness (QED) is 0.739. The minimum Gasteiger partial charge on any atom is -0.477 e. The molecule has 1 aromatic carbocycles. The molecule has 0 saturated heterocycles. The number of hydrogen-bond donors (Lipinski definition) is 2. The fourth-order valence-corrected chi connectivity index (χ4v) is 3.59. The molecule has 2 heterocycles. The molecule has 3 aromatic rings. The number of aromatic carboxylic acids is 1. The van der Waals surface area contributed by atoms with Gasteiger partial charge in [-0.15, -0.1) is 22.7 Å². The van der Waals surface area contributed by atoms with E-state index in [2.05, 4.69) is 10.3 Å². The maximum Gasteiger partial charge on any atom is 0.345 e. The van der Waals surface area contributed by atoms with Crippen molar-refractivity contribution in [1.82, 2.24) is 4.98 Å². The van der Waals surface area contributed by atoms with Crippen LogP contribution in [0.25, 0.3) is 10.6 Å². The molecular formula is C16H12N2O3S2.